The molecule has 1 amide bonds. The Hall–Kier alpha value is -1.88. The summed E-state index contributed by atoms with van der Waals surface area (Å²) in [5.41, 5.74) is 8.62. The van der Waals surface area contributed by atoms with Crippen LogP contribution in [0.3, 0.4) is 0 Å². The van der Waals surface area contributed by atoms with Crippen LogP contribution in [0, 0.1) is 13.8 Å². The number of thiazole rings is 1. The molecule has 0 saturated carbocycles. The number of rotatable bonds is 3. The summed E-state index contributed by atoms with van der Waals surface area (Å²) < 4.78 is 0. The van der Waals surface area contributed by atoms with Crippen LogP contribution in [0.25, 0.3) is 0 Å². The number of nitrogen functional groups attached to an aromatic ring is 1. The monoisotopic (exact) mass is 261 g/mol. The summed E-state index contributed by atoms with van der Waals surface area (Å²) in [4.78, 5) is 16.3. The number of nitrogens with zero attached hydrogens (tertiary/aromatic N) is 1. The lowest BCUT2D eigenvalue weighted by Crippen LogP contribution is -2.24. The Labute approximate surface area is 110 Å². The maximum absolute atomic E-state index is 12.1. The zero-order valence-corrected chi connectivity index (χ0v) is 11.2. The van der Waals surface area contributed by atoms with Gasteiger partial charge in [-0.3, -0.25) is 4.79 Å². The second-order valence-electron chi connectivity index (χ2n) is 4.08. The van der Waals surface area contributed by atoms with Gasteiger partial charge in [0.15, 0.2) is 0 Å². The molecule has 0 unspecified atom stereocenters. The first kappa shape index (κ1) is 12.6. The summed E-state index contributed by atoms with van der Waals surface area (Å²) in [5, 5.41) is 5.77. The van der Waals surface area contributed by atoms with Crippen LogP contribution in [0.1, 0.15) is 26.6 Å². The molecular weight excluding hydrogens is 246 g/mol. The summed E-state index contributed by atoms with van der Waals surface area (Å²) in [5.74, 6) is -0.156. The molecule has 2 aromatic rings. The number of carbonyl (C=O) groups excluding carboxylic acids is 1. The van der Waals surface area contributed by atoms with Crippen molar-refractivity contribution in [1.82, 2.24) is 10.3 Å². The Morgan fingerprint density at radius 2 is 2.22 bits per heavy atom. The zero-order chi connectivity index (χ0) is 13.1. The number of nitrogens with one attached hydrogen (secondary N) is 1. The normalized spacial score (nSPS) is 10.3. The van der Waals surface area contributed by atoms with Gasteiger partial charge in [0.05, 0.1) is 22.8 Å². The van der Waals surface area contributed by atoms with Crippen LogP contribution in [0.4, 0.5) is 5.69 Å². The molecule has 0 radical (unpaired) electrons. The number of hydrogen-bond acceptors (Lipinski definition) is 4. The summed E-state index contributed by atoms with van der Waals surface area (Å²) in [6.07, 6.45) is 0. The number of amides is 1. The van der Waals surface area contributed by atoms with Crippen molar-refractivity contribution in [1.29, 1.82) is 0 Å². The standard InChI is InChI=1S/C13H15N3OS/c1-8-4-3-5-11(14)12(8)13(17)15-6-10-7-18-9(2)16-10/h3-5,7H,6,14H2,1-2H3,(H,15,17). The molecule has 18 heavy (non-hydrogen) atoms. The minimum Gasteiger partial charge on any atom is -0.398 e. The Morgan fingerprint density at radius 1 is 1.44 bits per heavy atom. The third-order valence-electron chi connectivity index (χ3n) is 2.63. The molecule has 5 heteroatoms. The average Bonchev–Trinajstić information content (AvgIpc) is 2.72. The molecule has 2 rings (SSSR count). The van der Waals surface area contributed by atoms with E-state index in [0.717, 1.165) is 16.3 Å². The first-order chi connectivity index (χ1) is 8.58. The lowest BCUT2D eigenvalue weighted by Gasteiger charge is -2.09. The smallest absolute Gasteiger partial charge is 0.253 e. The molecule has 94 valence electrons. The van der Waals surface area contributed by atoms with Gasteiger partial charge in [0.2, 0.25) is 0 Å². The SMILES string of the molecule is Cc1nc(CNC(=O)c2c(C)cccc2N)cs1. The van der Waals surface area contributed by atoms with Crippen molar-refractivity contribution in [3.8, 4) is 0 Å². The molecule has 4 nitrogen and oxygen atoms in total. The molecule has 0 bridgehead atoms. The largest absolute Gasteiger partial charge is 0.398 e. The Balaban J connectivity index is 2.08. The van der Waals surface area contributed by atoms with Gasteiger partial charge in [-0.05, 0) is 25.5 Å². The maximum atomic E-state index is 12.1. The van der Waals surface area contributed by atoms with Crippen molar-refractivity contribution < 1.29 is 4.79 Å². The van der Waals surface area contributed by atoms with Gasteiger partial charge in [-0.2, -0.15) is 0 Å². The van der Waals surface area contributed by atoms with Gasteiger partial charge >= 0.3 is 0 Å². The van der Waals surface area contributed by atoms with E-state index in [4.69, 9.17) is 5.73 Å². The van der Waals surface area contributed by atoms with Crippen molar-refractivity contribution in [3.05, 3.63) is 45.4 Å². The first-order valence-corrected chi connectivity index (χ1v) is 6.50. The van der Waals surface area contributed by atoms with Crippen molar-refractivity contribution in [2.45, 2.75) is 20.4 Å². The molecule has 1 aromatic heterocycles. The predicted molar refractivity (Wildman–Crippen MR) is 73.6 cm³/mol. The summed E-state index contributed by atoms with van der Waals surface area (Å²) in [7, 11) is 0. The highest BCUT2D eigenvalue weighted by molar-refractivity contribution is 7.09. The van der Waals surface area contributed by atoms with E-state index in [2.05, 4.69) is 10.3 Å². The molecule has 0 aliphatic carbocycles. The summed E-state index contributed by atoms with van der Waals surface area (Å²) in [6, 6.07) is 5.44. The zero-order valence-electron chi connectivity index (χ0n) is 10.4. The van der Waals surface area contributed by atoms with Gasteiger partial charge in [0, 0.05) is 11.1 Å². The van der Waals surface area contributed by atoms with Crippen LogP contribution < -0.4 is 11.1 Å². The van der Waals surface area contributed by atoms with Gasteiger partial charge in [-0.25, -0.2) is 4.98 Å². The van der Waals surface area contributed by atoms with Crippen LogP contribution >= 0.6 is 11.3 Å². The minimum atomic E-state index is -0.156. The first-order valence-electron chi connectivity index (χ1n) is 5.62. The molecule has 1 heterocycles. The molecule has 0 atom stereocenters. The number of hydrogen-bond donors (Lipinski definition) is 2. The number of aromatic nitrogens is 1. The lowest BCUT2D eigenvalue weighted by molar-refractivity contribution is 0.0951. The molecule has 1 aromatic carbocycles. The fourth-order valence-corrected chi connectivity index (χ4v) is 2.36. The van der Waals surface area contributed by atoms with E-state index in [9.17, 15) is 4.79 Å². The predicted octanol–water partition coefficient (Wildman–Crippen LogP) is 2.27. The Bertz CT molecular complexity index is 557. The molecule has 0 saturated heterocycles. The minimum absolute atomic E-state index is 0.156. The summed E-state index contributed by atoms with van der Waals surface area (Å²) >= 11 is 1.57. The maximum Gasteiger partial charge on any atom is 0.253 e. The van der Waals surface area contributed by atoms with Crippen LogP contribution in [0.2, 0.25) is 0 Å². The number of aryl methyl sites for hydroxylation is 2. The van der Waals surface area contributed by atoms with Crippen molar-refractivity contribution in [2.75, 3.05) is 5.73 Å². The van der Waals surface area contributed by atoms with Crippen LogP contribution in [-0.2, 0) is 6.54 Å². The highest BCUT2D eigenvalue weighted by atomic mass is 32.1. The number of benzene rings is 1. The average molecular weight is 261 g/mol. The Morgan fingerprint density at radius 3 is 2.83 bits per heavy atom. The molecule has 0 aliphatic heterocycles. The third kappa shape index (κ3) is 2.68. The summed E-state index contributed by atoms with van der Waals surface area (Å²) in [6.45, 7) is 4.24. The fourth-order valence-electron chi connectivity index (χ4n) is 1.75. The van der Waals surface area contributed by atoms with Gasteiger partial charge < -0.3 is 11.1 Å². The molecule has 0 fully saturated rings. The van der Waals surface area contributed by atoms with Gasteiger partial charge in [-0.15, -0.1) is 11.3 Å². The van der Waals surface area contributed by atoms with Crippen LogP contribution in [0.5, 0.6) is 0 Å². The number of carbonyl (C=O) groups is 1. The lowest BCUT2D eigenvalue weighted by atomic mass is 10.1. The topological polar surface area (TPSA) is 68.0 Å². The quantitative estimate of drug-likeness (QED) is 0.833. The van der Waals surface area contributed by atoms with E-state index in [1.165, 1.54) is 0 Å². The second kappa shape index (κ2) is 5.18. The van der Waals surface area contributed by atoms with E-state index in [1.54, 1.807) is 17.4 Å². The van der Waals surface area contributed by atoms with E-state index in [1.807, 2.05) is 31.4 Å². The number of anilines is 1. The van der Waals surface area contributed by atoms with E-state index in [0.29, 0.717) is 17.8 Å². The van der Waals surface area contributed by atoms with E-state index in [-0.39, 0.29) is 5.91 Å². The molecular formula is C13H15N3OS. The fraction of sp³-hybridized carbons (Fsp3) is 0.231. The van der Waals surface area contributed by atoms with Crippen LogP contribution in [-0.4, -0.2) is 10.9 Å². The van der Waals surface area contributed by atoms with Gasteiger partial charge in [0.1, 0.15) is 0 Å². The second-order valence-corrected chi connectivity index (χ2v) is 5.14. The number of nitrogens with two attached hydrogens (primary N) is 1. The van der Waals surface area contributed by atoms with Crippen molar-refractivity contribution in [3.63, 3.8) is 0 Å². The third-order valence-corrected chi connectivity index (χ3v) is 3.45. The molecule has 3 N–H and O–H groups in total. The van der Waals surface area contributed by atoms with E-state index >= 15 is 0 Å². The molecule has 0 aliphatic rings. The molecule has 0 spiro atoms. The Kier molecular flexibility index (Phi) is 3.62. The van der Waals surface area contributed by atoms with Gasteiger partial charge in [0.25, 0.3) is 5.91 Å². The van der Waals surface area contributed by atoms with Crippen molar-refractivity contribution in [2.24, 2.45) is 0 Å². The highest BCUT2D eigenvalue weighted by Crippen LogP contribution is 2.16. The van der Waals surface area contributed by atoms with Gasteiger partial charge in [-0.1, -0.05) is 12.1 Å². The van der Waals surface area contributed by atoms with Crippen molar-refractivity contribution >= 4 is 22.9 Å². The highest BCUT2D eigenvalue weighted by Gasteiger charge is 2.12. The van der Waals surface area contributed by atoms with Crippen LogP contribution in [0.15, 0.2) is 23.6 Å². The van der Waals surface area contributed by atoms with E-state index < -0.39 is 0 Å².